The summed E-state index contributed by atoms with van der Waals surface area (Å²) in [5.41, 5.74) is 6.33. The van der Waals surface area contributed by atoms with Gasteiger partial charge in [0.05, 0.1) is 29.0 Å². The molecule has 0 spiro atoms. The zero-order valence-electron chi connectivity index (χ0n) is 12.0. The molecule has 1 aromatic rings. The van der Waals surface area contributed by atoms with Crippen LogP contribution in [0.2, 0.25) is 0 Å². The molecule has 0 bridgehead atoms. The van der Waals surface area contributed by atoms with Crippen LogP contribution in [0.4, 0.5) is 0 Å². The number of hydrogen-bond acceptors (Lipinski definition) is 5. The second-order valence-electron chi connectivity index (χ2n) is 4.15. The monoisotopic (exact) mass is 296 g/mol. The molecule has 0 aliphatic carbocycles. The van der Waals surface area contributed by atoms with Crippen LogP contribution in [0.15, 0.2) is 6.07 Å². The predicted octanol–water partition coefficient (Wildman–Crippen LogP) is 0.758. The predicted molar refractivity (Wildman–Crippen MR) is 80.0 cm³/mol. The third-order valence-corrected chi connectivity index (χ3v) is 3.77. The lowest BCUT2D eigenvalue weighted by Crippen LogP contribution is -2.35. The Kier molecular flexibility index (Phi) is 7.26. The first-order valence-corrected chi connectivity index (χ1v) is 7.03. The summed E-state index contributed by atoms with van der Waals surface area (Å²) in [5.74, 6) is 5.63. The van der Waals surface area contributed by atoms with Crippen LogP contribution in [0.25, 0.3) is 0 Å². The molecule has 0 saturated heterocycles. The molecule has 0 aliphatic rings. The molecule has 5 nitrogen and oxygen atoms in total. The van der Waals surface area contributed by atoms with Gasteiger partial charge in [0.15, 0.2) is 0 Å². The van der Waals surface area contributed by atoms with Crippen LogP contribution in [-0.4, -0.2) is 45.9 Å². The van der Waals surface area contributed by atoms with Crippen molar-refractivity contribution >= 4 is 17.2 Å². The summed E-state index contributed by atoms with van der Waals surface area (Å²) in [6, 6.07) is 1.83. The number of methoxy groups -OCH3 is 2. The quantitative estimate of drug-likeness (QED) is 0.760. The SMILES string of the molecule is COCC(CNC(=O)c1cc(C)c(C#CCN)s1)OC. The number of hydrogen-bond donors (Lipinski definition) is 2. The van der Waals surface area contributed by atoms with Crippen molar-refractivity contribution in [3.05, 3.63) is 21.4 Å². The van der Waals surface area contributed by atoms with Crippen LogP contribution in [0.5, 0.6) is 0 Å². The van der Waals surface area contributed by atoms with E-state index in [1.54, 1.807) is 14.2 Å². The van der Waals surface area contributed by atoms with E-state index in [0.717, 1.165) is 10.4 Å². The number of aryl methyl sites for hydroxylation is 1. The maximum Gasteiger partial charge on any atom is 0.261 e. The highest BCUT2D eigenvalue weighted by atomic mass is 32.1. The van der Waals surface area contributed by atoms with Crippen molar-refractivity contribution in [2.24, 2.45) is 5.73 Å². The minimum absolute atomic E-state index is 0.128. The molecular formula is C14H20N2O3S. The van der Waals surface area contributed by atoms with Crippen molar-refractivity contribution in [3.63, 3.8) is 0 Å². The Labute approximate surface area is 123 Å². The van der Waals surface area contributed by atoms with Gasteiger partial charge in [-0.2, -0.15) is 0 Å². The number of carbonyl (C=O) groups excluding carboxylic acids is 1. The van der Waals surface area contributed by atoms with E-state index in [4.69, 9.17) is 15.2 Å². The van der Waals surface area contributed by atoms with Gasteiger partial charge in [-0.05, 0) is 18.6 Å². The number of thiophene rings is 1. The maximum atomic E-state index is 12.0. The third-order valence-electron chi connectivity index (χ3n) is 2.62. The van der Waals surface area contributed by atoms with E-state index in [0.29, 0.717) is 24.6 Å². The molecule has 20 heavy (non-hydrogen) atoms. The number of nitrogens with two attached hydrogens (primary N) is 1. The second-order valence-corrected chi connectivity index (χ2v) is 5.20. The maximum absolute atomic E-state index is 12.0. The Morgan fingerprint density at radius 1 is 1.55 bits per heavy atom. The van der Waals surface area contributed by atoms with Gasteiger partial charge in [-0.3, -0.25) is 4.79 Å². The van der Waals surface area contributed by atoms with E-state index in [-0.39, 0.29) is 12.0 Å². The van der Waals surface area contributed by atoms with E-state index in [9.17, 15) is 4.79 Å². The highest BCUT2D eigenvalue weighted by Gasteiger charge is 2.14. The molecule has 0 aliphatic heterocycles. The van der Waals surface area contributed by atoms with E-state index in [2.05, 4.69) is 17.2 Å². The summed E-state index contributed by atoms with van der Waals surface area (Å²) in [7, 11) is 3.19. The second kappa shape index (κ2) is 8.72. The molecule has 0 fully saturated rings. The number of ether oxygens (including phenoxy) is 2. The zero-order valence-corrected chi connectivity index (χ0v) is 12.8. The molecule has 6 heteroatoms. The normalized spacial score (nSPS) is 11.6. The van der Waals surface area contributed by atoms with Gasteiger partial charge in [0.2, 0.25) is 0 Å². The first kappa shape index (κ1) is 16.7. The van der Waals surface area contributed by atoms with Crippen molar-refractivity contribution in [2.75, 3.05) is 33.9 Å². The Morgan fingerprint density at radius 2 is 2.30 bits per heavy atom. The molecular weight excluding hydrogens is 276 g/mol. The van der Waals surface area contributed by atoms with E-state index >= 15 is 0 Å². The van der Waals surface area contributed by atoms with Gasteiger partial charge in [0.1, 0.15) is 0 Å². The standard InChI is InChI=1S/C14H20N2O3S/c1-10-7-13(20-12(10)5-4-6-15)14(17)16-8-11(19-3)9-18-2/h7,11H,6,8-9,15H2,1-3H3,(H,16,17). The Bertz CT molecular complexity index is 502. The first-order valence-electron chi connectivity index (χ1n) is 6.21. The van der Waals surface area contributed by atoms with Crippen molar-refractivity contribution in [1.29, 1.82) is 0 Å². The van der Waals surface area contributed by atoms with Crippen LogP contribution in [0, 0.1) is 18.8 Å². The number of rotatable bonds is 6. The summed E-state index contributed by atoms with van der Waals surface area (Å²) in [5, 5.41) is 2.83. The van der Waals surface area contributed by atoms with Gasteiger partial charge in [-0.25, -0.2) is 0 Å². The van der Waals surface area contributed by atoms with Crippen LogP contribution >= 0.6 is 11.3 Å². The number of carbonyl (C=O) groups is 1. The van der Waals surface area contributed by atoms with E-state index in [1.165, 1.54) is 11.3 Å². The molecule has 1 rings (SSSR count). The van der Waals surface area contributed by atoms with Crippen molar-refractivity contribution in [3.8, 4) is 11.8 Å². The smallest absolute Gasteiger partial charge is 0.261 e. The molecule has 0 saturated carbocycles. The van der Waals surface area contributed by atoms with Gasteiger partial charge >= 0.3 is 0 Å². The molecule has 1 heterocycles. The molecule has 0 aromatic carbocycles. The molecule has 3 N–H and O–H groups in total. The van der Waals surface area contributed by atoms with Crippen molar-refractivity contribution in [1.82, 2.24) is 5.32 Å². The van der Waals surface area contributed by atoms with E-state index in [1.807, 2.05) is 13.0 Å². The zero-order chi connectivity index (χ0) is 15.0. The summed E-state index contributed by atoms with van der Waals surface area (Å²) in [6.45, 7) is 3.08. The first-order chi connectivity index (χ1) is 9.62. The fraction of sp³-hybridized carbons (Fsp3) is 0.500. The van der Waals surface area contributed by atoms with Crippen LogP contribution in [0.1, 0.15) is 20.1 Å². The number of amides is 1. The van der Waals surface area contributed by atoms with Gasteiger partial charge < -0.3 is 20.5 Å². The lowest BCUT2D eigenvalue weighted by Gasteiger charge is -2.14. The molecule has 1 atom stereocenters. The summed E-state index contributed by atoms with van der Waals surface area (Å²) >= 11 is 1.37. The third kappa shape index (κ3) is 4.94. The van der Waals surface area contributed by atoms with Crippen LogP contribution in [-0.2, 0) is 9.47 Å². The molecule has 1 amide bonds. The summed E-state index contributed by atoms with van der Waals surface area (Å²) in [4.78, 5) is 13.5. The summed E-state index contributed by atoms with van der Waals surface area (Å²) in [6.07, 6.45) is -0.151. The van der Waals surface area contributed by atoms with Crippen molar-refractivity contribution in [2.45, 2.75) is 13.0 Å². The highest BCUT2D eigenvalue weighted by molar-refractivity contribution is 7.14. The average molecular weight is 296 g/mol. The highest BCUT2D eigenvalue weighted by Crippen LogP contribution is 2.20. The lowest BCUT2D eigenvalue weighted by atomic mass is 10.2. The topological polar surface area (TPSA) is 73.6 Å². The van der Waals surface area contributed by atoms with Gasteiger partial charge in [0, 0.05) is 20.8 Å². The minimum Gasteiger partial charge on any atom is -0.382 e. The van der Waals surface area contributed by atoms with E-state index < -0.39 is 0 Å². The molecule has 1 unspecified atom stereocenters. The summed E-state index contributed by atoms with van der Waals surface area (Å²) < 4.78 is 10.2. The Morgan fingerprint density at radius 3 is 2.90 bits per heavy atom. The van der Waals surface area contributed by atoms with Gasteiger partial charge in [-0.15, -0.1) is 11.3 Å². The minimum atomic E-state index is -0.151. The lowest BCUT2D eigenvalue weighted by molar-refractivity contribution is 0.0286. The van der Waals surface area contributed by atoms with Crippen LogP contribution in [0.3, 0.4) is 0 Å². The molecule has 110 valence electrons. The average Bonchev–Trinajstić information content (AvgIpc) is 2.82. The van der Waals surface area contributed by atoms with Gasteiger partial charge in [0.25, 0.3) is 5.91 Å². The molecule has 0 radical (unpaired) electrons. The Hall–Kier alpha value is -1.39. The number of nitrogens with one attached hydrogen (secondary N) is 1. The fourth-order valence-electron chi connectivity index (χ4n) is 1.54. The van der Waals surface area contributed by atoms with Crippen molar-refractivity contribution < 1.29 is 14.3 Å². The largest absolute Gasteiger partial charge is 0.382 e. The Balaban J connectivity index is 2.64. The fourth-order valence-corrected chi connectivity index (χ4v) is 2.50. The molecule has 1 aromatic heterocycles. The van der Waals surface area contributed by atoms with Gasteiger partial charge in [-0.1, -0.05) is 11.8 Å². The van der Waals surface area contributed by atoms with Crippen LogP contribution < -0.4 is 11.1 Å².